The van der Waals surface area contributed by atoms with E-state index in [-0.39, 0.29) is 18.6 Å². The summed E-state index contributed by atoms with van der Waals surface area (Å²) in [4.78, 5) is 18.6. The molecule has 1 aromatic heterocycles. The molecule has 1 heterocycles. The number of aliphatic hydroxyl groups excluding tert-OH is 1. The average Bonchev–Trinajstić information content (AvgIpc) is 2.44. The van der Waals surface area contributed by atoms with Crippen LogP contribution in [0.25, 0.3) is 0 Å². The average molecular weight is 274 g/mol. The predicted octanol–water partition coefficient (Wildman–Crippen LogP) is 2.08. The van der Waals surface area contributed by atoms with Crippen molar-refractivity contribution in [2.75, 3.05) is 13.2 Å². The molecule has 20 heavy (non-hydrogen) atoms. The van der Waals surface area contributed by atoms with Crippen LogP contribution < -0.4 is 0 Å². The molecule has 0 spiro atoms. The lowest BCUT2D eigenvalue weighted by atomic mass is 10.1. The summed E-state index contributed by atoms with van der Waals surface area (Å²) in [5.74, 6) is 5.66. The number of hydrogen-bond donors (Lipinski definition) is 1. The molecule has 0 radical (unpaired) electrons. The monoisotopic (exact) mass is 274 g/mol. The van der Waals surface area contributed by atoms with Crippen LogP contribution in [0.5, 0.6) is 0 Å². The minimum absolute atomic E-state index is 0.0183. The Bertz CT molecular complexity index is 501. The summed E-state index contributed by atoms with van der Waals surface area (Å²) in [6.45, 7) is 6.76. The van der Waals surface area contributed by atoms with E-state index in [1.165, 1.54) is 0 Å². The number of nitrogens with zero attached hydrogens (tertiary/aromatic N) is 2. The second kappa shape index (κ2) is 8.34. The number of carbonyl (C=O) groups is 1. The first-order valence-electron chi connectivity index (χ1n) is 6.97. The van der Waals surface area contributed by atoms with Gasteiger partial charge in [0.25, 0.3) is 5.91 Å². The molecule has 1 rings (SSSR count). The molecule has 0 aliphatic carbocycles. The molecular weight excluding hydrogens is 252 g/mol. The molecule has 0 unspecified atom stereocenters. The molecule has 0 bridgehead atoms. The van der Waals surface area contributed by atoms with Crippen molar-refractivity contribution in [1.29, 1.82) is 0 Å². The first-order chi connectivity index (χ1) is 9.61. The fraction of sp³-hybridized carbons (Fsp3) is 0.500. The van der Waals surface area contributed by atoms with E-state index in [1.807, 2.05) is 20.8 Å². The molecule has 1 N–H and O–H groups in total. The summed E-state index contributed by atoms with van der Waals surface area (Å²) < 4.78 is 0. The van der Waals surface area contributed by atoms with Crippen LogP contribution in [0, 0.1) is 11.8 Å². The predicted molar refractivity (Wildman–Crippen MR) is 79.3 cm³/mol. The number of carbonyl (C=O) groups excluding carboxylic acids is 1. The highest BCUT2D eigenvalue weighted by Gasteiger charge is 2.21. The molecule has 0 saturated carbocycles. The first-order valence-corrected chi connectivity index (χ1v) is 6.97. The maximum atomic E-state index is 12.6. The second-order valence-electron chi connectivity index (χ2n) is 4.77. The van der Waals surface area contributed by atoms with Crippen molar-refractivity contribution < 1.29 is 9.90 Å². The Balaban J connectivity index is 3.06. The van der Waals surface area contributed by atoms with Gasteiger partial charge in [-0.15, -0.1) is 0 Å². The van der Waals surface area contributed by atoms with E-state index in [2.05, 4.69) is 16.8 Å². The molecule has 4 heteroatoms. The van der Waals surface area contributed by atoms with Gasteiger partial charge in [-0.05, 0) is 32.4 Å². The maximum Gasteiger partial charge on any atom is 0.273 e. The third-order valence-corrected chi connectivity index (χ3v) is 2.82. The Labute approximate surface area is 120 Å². The molecule has 108 valence electrons. The van der Waals surface area contributed by atoms with Crippen molar-refractivity contribution in [2.24, 2.45) is 0 Å². The zero-order chi connectivity index (χ0) is 15.0. The third kappa shape index (κ3) is 4.36. The standard InChI is InChI=1S/C16H22N2O2/c1-4-11-18(13(2)3)16(20)15-14(8-5-6-12-19)9-7-10-17-15/h7,9-10,13,19H,4,6,11-12H2,1-3H3. The summed E-state index contributed by atoms with van der Waals surface area (Å²) in [6, 6.07) is 3.68. The van der Waals surface area contributed by atoms with E-state index in [0.29, 0.717) is 24.2 Å². The van der Waals surface area contributed by atoms with Crippen molar-refractivity contribution in [2.45, 2.75) is 39.7 Å². The fourth-order valence-electron chi connectivity index (χ4n) is 1.86. The maximum absolute atomic E-state index is 12.6. The number of hydrogen-bond acceptors (Lipinski definition) is 3. The lowest BCUT2D eigenvalue weighted by molar-refractivity contribution is 0.0699. The quantitative estimate of drug-likeness (QED) is 0.836. The van der Waals surface area contributed by atoms with Crippen LogP contribution in [-0.4, -0.2) is 40.1 Å². The lowest BCUT2D eigenvalue weighted by Crippen LogP contribution is -2.38. The molecule has 0 aromatic carbocycles. The van der Waals surface area contributed by atoms with E-state index >= 15 is 0 Å². The van der Waals surface area contributed by atoms with Gasteiger partial charge in [0.15, 0.2) is 0 Å². The molecule has 0 saturated heterocycles. The SMILES string of the molecule is CCCN(C(=O)c1ncccc1C#CCCO)C(C)C. The minimum atomic E-state index is -0.0873. The van der Waals surface area contributed by atoms with Gasteiger partial charge in [0, 0.05) is 25.2 Å². The Morgan fingerprint density at radius 2 is 2.25 bits per heavy atom. The van der Waals surface area contributed by atoms with Gasteiger partial charge < -0.3 is 10.0 Å². The molecule has 0 atom stereocenters. The molecule has 4 nitrogen and oxygen atoms in total. The molecular formula is C16H22N2O2. The van der Waals surface area contributed by atoms with Crippen LogP contribution in [0.3, 0.4) is 0 Å². The Morgan fingerprint density at radius 3 is 2.85 bits per heavy atom. The Kier molecular flexibility index (Phi) is 6.75. The van der Waals surface area contributed by atoms with Crippen LogP contribution in [0.15, 0.2) is 18.3 Å². The van der Waals surface area contributed by atoms with Gasteiger partial charge in [-0.25, -0.2) is 4.98 Å². The van der Waals surface area contributed by atoms with E-state index in [9.17, 15) is 4.79 Å². The summed E-state index contributed by atoms with van der Waals surface area (Å²) in [7, 11) is 0. The van der Waals surface area contributed by atoms with Gasteiger partial charge in [-0.3, -0.25) is 4.79 Å². The van der Waals surface area contributed by atoms with Gasteiger partial charge in [0.05, 0.1) is 12.2 Å². The molecule has 1 amide bonds. The van der Waals surface area contributed by atoms with Gasteiger partial charge in [-0.1, -0.05) is 18.8 Å². The van der Waals surface area contributed by atoms with Gasteiger partial charge in [-0.2, -0.15) is 0 Å². The fourth-order valence-corrected chi connectivity index (χ4v) is 1.86. The highest BCUT2D eigenvalue weighted by Crippen LogP contribution is 2.11. The highest BCUT2D eigenvalue weighted by atomic mass is 16.2. The van der Waals surface area contributed by atoms with Crippen molar-refractivity contribution >= 4 is 5.91 Å². The summed E-state index contributed by atoms with van der Waals surface area (Å²) in [6.07, 6.45) is 2.91. The van der Waals surface area contributed by atoms with Crippen molar-refractivity contribution in [1.82, 2.24) is 9.88 Å². The summed E-state index contributed by atoms with van der Waals surface area (Å²) >= 11 is 0. The topological polar surface area (TPSA) is 53.4 Å². The Morgan fingerprint density at radius 1 is 1.50 bits per heavy atom. The van der Waals surface area contributed by atoms with Crippen molar-refractivity contribution in [3.63, 3.8) is 0 Å². The smallest absolute Gasteiger partial charge is 0.273 e. The van der Waals surface area contributed by atoms with Crippen LogP contribution >= 0.6 is 0 Å². The Hall–Kier alpha value is -1.86. The van der Waals surface area contributed by atoms with Crippen LogP contribution in [0.4, 0.5) is 0 Å². The number of rotatable bonds is 5. The second-order valence-corrected chi connectivity index (χ2v) is 4.77. The molecule has 0 fully saturated rings. The largest absolute Gasteiger partial charge is 0.395 e. The highest BCUT2D eigenvalue weighted by molar-refractivity contribution is 5.95. The number of aliphatic hydroxyl groups is 1. The number of amides is 1. The van der Waals surface area contributed by atoms with Crippen molar-refractivity contribution in [3.8, 4) is 11.8 Å². The zero-order valence-corrected chi connectivity index (χ0v) is 12.4. The van der Waals surface area contributed by atoms with E-state index < -0.39 is 0 Å². The number of pyridine rings is 1. The van der Waals surface area contributed by atoms with Crippen LogP contribution in [0.1, 0.15) is 49.7 Å². The van der Waals surface area contributed by atoms with E-state index in [4.69, 9.17) is 5.11 Å². The summed E-state index contributed by atoms with van der Waals surface area (Å²) in [5, 5.41) is 8.76. The van der Waals surface area contributed by atoms with Crippen LogP contribution in [0.2, 0.25) is 0 Å². The lowest BCUT2D eigenvalue weighted by Gasteiger charge is -2.26. The molecule has 0 aliphatic heterocycles. The third-order valence-electron chi connectivity index (χ3n) is 2.82. The molecule has 0 aliphatic rings. The van der Waals surface area contributed by atoms with Crippen LogP contribution in [-0.2, 0) is 0 Å². The zero-order valence-electron chi connectivity index (χ0n) is 12.4. The normalized spacial score (nSPS) is 10.1. The van der Waals surface area contributed by atoms with Gasteiger partial charge in [0.1, 0.15) is 5.69 Å². The molecule has 1 aromatic rings. The van der Waals surface area contributed by atoms with E-state index in [1.54, 1.807) is 23.2 Å². The van der Waals surface area contributed by atoms with Gasteiger partial charge in [0.2, 0.25) is 0 Å². The van der Waals surface area contributed by atoms with Crippen molar-refractivity contribution in [3.05, 3.63) is 29.6 Å². The summed E-state index contributed by atoms with van der Waals surface area (Å²) in [5.41, 5.74) is 1.01. The minimum Gasteiger partial charge on any atom is -0.395 e. The number of aromatic nitrogens is 1. The van der Waals surface area contributed by atoms with E-state index in [0.717, 1.165) is 6.42 Å². The van der Waals surface area contributed by atoms with Gasteiger partial charge >= 0.3 is 0 Å². The first kappa shape index (κ1) is 16.2.